The first-order chi connectivity index (χ1) is 9.52. The number of ether oxygens (including phenoxy) is 1. The van der Waals surface area contributed by atoms with E-state index >= 15 is 0 Å². The molecule has 0 saturated carbocycles. The van der Waals surface area contributed by atoms with Gasteiger partial charge in [-0.3, -0.25) is 5.32 Å². The number of methoxy groups -OCH3 is 1. The molecule has 1 heterocycles. The lowest BCUT2D eigenvalue weighted by Crippen LogP contribution is -2.42. The van der Waals surface area contributed by atoms with Gasteiger partial charge in [-0.2, -0.15) is 0 Å². The van der Waals surface area contributed by atoms with Crippen LogP contribution in [-0.2, 0) is 19.4 Å². The van der Waals surface area contributed by atoms with Crippen LogP contribution in [0.15, 0.2) is 30.3 Å². The maximum atomic E-state index is 11.9. The van der Waals surface area contributed by atoms with Crippen LogP contribution in [0.1, 0.15) is 24.4 Å². The van der Waals surface area contributed by atoms with E-state index in [1.54, 1.807) is 0 Å². The van der Waals surface area contributed by atoms with Gasteiger partial charge in [0.15, 0.2) is 0 Å². The van der Waals surface area contributed by atoms with Gasteiger partial charge in [0.05, 0.1) is 18.6 Å². The van der Waals surface area contributed by atoms with E-state index in [-0.39, 0.29) is 23.5 Å². The molecule has 110 valence electrons. The predicted octanol–water partition coefficient (Wildman–Crippen LogP) is 1.07. The third kappa shape index (κ3) is 3.80. The summed E-state index contributed by atoms with van der Waals surface area (Å²) in [6.45, 7) is 0. The summed E-state index contributed by atoms with van der Waals surface area (Å²) >= 11 is 0. The fraction of sp³-hybridized carbons (Fsp3) is 0.500. The van der Waals surface area contributed by atoms with Crippen LogP contribution >= 0.6 is 0 Å². The molecule has 5 nitrogen and oxygen atoms in total. The van der Waals surface area contributed by atoms with Crippen LogP contribution in [0.4, 0.5) is 0 Å². The zero-order chi connectivity index (χ0) is 14.6. The summed E-state index contributed by atoms with van der Waals surface area (Å²) < 4.78 is 27.7. The second-order valence-corrected chi connectivity index (χ2v) is 7.26. The normalized spacial score (nSPS) is 20.2. The van der Waals surface area contributed by atoms with E-state index in [0.717, 1.165) is 5.56 Å². The van der Waals surface area contributed by atoms with Crippen molar-refractivity contribution in [3.63, 3.8) is 0 Å². The largest absolute Gasteiger partial charge is 0.468 e. The second kappa shape index (κ2) is 6.37. The number of rotatable bonds is 4. The van der Waals surface area contributed by atoms with Crippen molar-refractivity contribution >= 4 is 15.8 Å². The first-order valence-electron chi connectivity index (χ1n) is 6.61. The Balaban J connectivity index is 2.08. The van der Waals surface area contributed by atoms with Crippen LogP contribution in [0.25, 0.3) is 0 Å². The Kier molecular flexibility index (Phi) is 4.77. The van der Waals surface area contributed by atoms with Gasteiger partial charge in [-0.1, -0.05) is 30.3 Å². The topological polar surface area (TPSA) is 72.5 Å². The van der Waals surface area contributed by atoms with Gasteiger partial charge in [-0.15, -0.1) is 0 Å². The molecule has 0 amide bonds. The van der Waals surface area contributed by atoms with Crippen LogP contribution < -0.4 is 5.32 Å². The molecule has 0 radical (unpaired) electrons. The molecule has 1 aromatic carbocycles. The molecule has 1 fully saturated rings. The summed E-state index contributed by atoms with van der Waals surface area (Å²) in [6, 6.07) is 8.78. The maximum absolute atomic E-state index is 11.9. The molecule has 6 heteroatoms. The smallest absolute Gasteiger partial charge is 0.327 e. The van der Waals surface area contributed by atoms with Gasteiger partial charge in [0.2, 0.25) is 0 Å². The molecular weight excluding hydrogens is 278 g/mol. The number of esters is 1. The lowest BCUT2D eigenvalue weighted by Gasteiger charge is -2.27. The van der Waals surface area contributed by atoms with E-state index < -0.39 is 15.9 Å². The van der Waals surface area contributed by atoms with Crippen molar-refractivity contribution in [3.8, 4) is 0 Å². The van der Waals surface area contributed by atoms with Crippen molar-refractivity contribution < 1.29 is 17.9 Å². The van der Waals surface area contributed by atoms with Gasteiger partial charge in [-0.05, 0) is 18.4 Å². The zero-order valence-electron chi connectivity index (χ0n) is 11.4. The summed E-state index contributed by atoms with van der Waals surface area (Å²) in [5, 5.41) is 3.22. The quantitative estimate of drug-likeness (QED) is 0.842. The summed E-state index contributed by atoms with van der Waals surface area (Å²) in [4.78, 5) is 11.9. The Morgan fingerprint density at radius 2 is 1.85 bits per heavy atom. The summed E-state index contributed by atoms with van der Waals surface area (Å²) in [5.41, 5.74) is 0.827. The molecule has 1 aliphatic rings. The molecule has 0 aromatic heterocycles. The molecule has 1 unspecified atom stereocenters. The van der Waals surface area contributed by atoms with Crippen molar-refractivity contribution in [2.75, 3.05) is 18.6 Å². The standard InChI is InChI=1S/C14H19NO4S/c1-19-14(16)13(11-5-3-2-4-6-11)15-12-7-9-20(17,18)10-8-12/h2-6,12-13,15H,7-10H2,1H3. The minimum atomic E-state index is -2.90. The second-order valence-electron chi connectivity index (χ2n) is 4.96. The zero-order valence-corrected chi connectivity index (χ0v) is 12.2. The molecule has 0 bridgehead atoms. The highest BCUT2D eigenvalue weighted by molar-refractivity contribution is 7.91. The number of nitrogens with one attached hydrogen (secondary N) is 1. The highest BCUT2D eigenvalue weighted by Crippen LogP contribution is 2.19. The van der Waals surface area contributed by atoms with Crippen LogP contribution in [0.2, 0.25) is 0 Å². The van der Waals surface area contributed by atoms with Crippen molar-refractivity contribution in [1.29, 1.82) is 0 Å². The number of hydrogen-bond acceptors (Lipinski definition) is 5. The first kappa shape index (κ1) is 15.0. The number of hydrogen-bond donors (Lipinski definition) is 1. The van der Waals surface area contributed by atoms with E-state index in [4.69, 9.17) is 4.74 Å². The average Bonchev–Trinajstić information content (AvgIpc) is 2.46. The van der Waals surface area contributed by atoms with E-state index in [1.165, 1.54) is 7.11 Å². The monoisotopic (exact) mass is 297 g/mol. The van der Waals surface area contributed by atoms with E-state index in [0.29, 0.717) is 12.8 Å². The van der Waals surface area contributed by atoms with Crippen LogP contribution in [-0.4, -0.2) is 39.0 Å². The fourth-order valence-corrected chi connectivity index (χ4v) is 3.85. The Labute approximate surface area is 119 Å². The van der Waals surface area contributed by atoms with Crippen LogP contribution in [0, 0.1) is 0 Å². The SMILES string of the molecule is COC(=O)C(NC1CCS(=O)(=O)CC1)c1ccccc1. The molecule has 1 aliphatic heterocycles. The highest BCUT2D eigenvalue weighted by Gasteiger charge is 2.29. The van der Waals surface area contributed by atoms with E-state index in [9.17, 15) is 13.2 Å². The number of carbonyl (C=O) groups excluding carboxylic acids is 1. The highest BCUT2D eigenvalue weighted by atomic mass is 32.2. The molecule has 1 N–H and O–H groups in total. The molecule has 0 aliphatic carbocycles. The molecule has 1 saturated heterocycles. The van der Waals surface area contributed by atoms with Gasteiger partial charge in [-0.25, -0.2) is 13.2 Å². The van der Waals surface area contributed by atoms with Crippen LogP contribution in [0.3, 0.4) is 0 Å². The Morgan fingerprint density at radius 1 is 1.25 bits per heavy atom. The van der Waals surface area contributed by atoms with Gasteiger partial charge < -0.3 is 4.74 Å². The molecule has 1 aromatic rings. The molecule has 2 rings (SSSR count). The lowest BCUT2D eigenvalue weighted by molar-refractivity contribution is -0.143. The first-order valence-corrected chi connectivity index (χ1v) is 8.43. The van der Waals surface area contributed by atoms with Crippen molar-refractivity contribution in [2.24, 2.45) is 0 Å². The predicted molar refractivity (Wildman–Crippen MR) is 76.0 cm³/mol. The fourth-order valence-electron chi connectivity index (χ4n) is 2.36. The van der Waals surface area contributed by atoms with Gasteiger partial charge in [0, 0.05) is 6.04 Å². The Morgan fingerprint density at radius 3 is 2.40 bits per heavy atom. The molecule has 1 atom stereocenters. The summed E-state index contributed by atoms with van der Waals surface area (Å²) in [5.74, 6) is -0.00891. The lowest BCUT2D eigenvalue weighted by atomic mass is 10.0. The summed E-state index contributed by atoms with van der Waals surface area (Å²) in [7, 11) is -1.55. The van der Waals surface area contributed by atoms with E-state index in [2.05, 4.69) is 5.32 Å². The van der Waals surface area contributed by atoms with Crippen molar-refractivity contribution in [2.45, 2.75) is 24.9 Å². The van der Waals surface area contributed by atoms with Crippen LogP contribution in [0.5, 0.6) is 0 Å². The average molecular weight is 297 g/mol. The molecule has 20 heavy (non-hydrogen) atoms. The minimum Gasteiger partial charge on any atom is -0.468 e. The third-order valence-electron chi connectivity index (χ3n) is 3.53. The van der Waals surface area contributed by atoms with Gasteiger partial charge in [0.1, 0.15) is 15.9 Å². The van der Waals surface area contributed by atoms with Gasteiger partial charge in [0.25, 0.3) is 0 Å². The van der Waals surface area contributed by atoms with E-state index in [1.807, 2.05) is 30.3 Å². The summed E-state index contributed by atoms with van der Waals surface area (Å²) in [6.07, 6.45) is 1.06. The Bertz CT molecular complexity index is 542. The minimum absolute atomic E-state index is 0.0165. The number of sulfone groups is 1. The van der Waals surface area contributed by atoms with Crippen molar-refractivity contribution in [1.82, 2.24) is 5.32 Å². The molecular formula is C14H19NO4S. The van der Waals surface area contributed by atoms with Crippen molar-refractivity contribution in [3.05, 3.63) is 35.9 Å². The van der Waals surface area contributed by atoms with Gasteiger partial charge >= 0.3 is 5.97 Å². The molecule has 0 spiro atoms. The number of carbonyl (C=O) groups is 1. The third-order valence-corrected chi connectivity index (χ3v) is 5.24. The Hall–Kier alpha value is -1.40. The maximum Gasteiger partial charge on any atom is 0.327 e. The number of benzene rings is 1.